The van der Waals surface area contributed by atoms with Gasteiger partial charge in [-0.25, -0.2) is 19.2 Å². The Morgan fingerprint density at radius 2 is 2.09 bits per heavy atom. The quantitative estimate of drug-likeness (QED) is 0.646. The summed E-state index contributed by atoms with van der Waals surface area (Å²) in [7, 11) is 0. The minimum Gasteiger partial charge on any atom is -0.507 e. The van der Waals surface area contributed by atoms with Gasteiger partial charge in [0.15, 0.2) is 5.82 Å². The summed E-state index contributed by atoms with van der Waals surface area (Å²) in [6.07, 6.45) is 0.740. The minimum absolute atomic E-state index is 0.0690. The van der Waals surface area contributed by atoms with Crippen molar-refractivity contribution in [2.75, 3.05) is 31.2 Å². The van der Waals surface area contributed by atoms with Gasteiger partial charge in [0.25, 0.3) is 0 Å². The number of carbonyl (C=O) groups excluding carboxylic acids is 1. The van der Waals surface area contributed by atoms with Crippen LogP contribution in [0.1, 0.15) is 12.8 Å². The molecule has 0 aliphatic carbocycles. The van der Waals surface area contributed by atoms with E-state index < -0.39 is 6.09 Å². The lowest BCUT2D eigenvalue weighted by molar-refractivity contribution is 0.0813. The molecule has 32 heavy (non-hydrogen) atoms. The van der Waals surface area contributed by atoms with Crippen LogP contribution < -0.4 is 10.2 Å². The normalized spacial score (nSPS) is 20.6. The highest BCUT2D eigenvalue weighted by Gasteiger charge is 2.29. The highest BCUT2D eigenvalue weighted by molar-refractivity contribution is 5.91. The number of phenols is 1. The largest absolute Gasteiger partial charge is 0.507 e. The highest BCUT2D eigenvalue weighted by Crippen LogP contribution is 2.33. The monoisotopic (exact) mass is 438 g/mol. The van der Waals surface area contributed by atoms with E-state index in [4.69, 9.17) is 9.47 Å². The summed E-state index contributed by atoms with van der Waals surface area (Å²) in [6.45, 7) is 2.16. The Balaban J connectivity index is 1.41. The first-order valence-corrected chi connectivity index (χ1v) is 10.6. The van der Waals surface area contributed by atoms with Crippen LogP contribution in [0.25, 0.3) is 22.3 Å². The summed E-state index contributed by atoms with van der Waals surface area (Å²) < 4.78 is 24.7. The number of aromatic hydroxyl groups is 1. The topological polar surface area (TPSA) is 96.8 Å². The molecule has 2 atom stereocenters. The van der Waals surface area contributed by atoms with Crippen LogP contribution in [0.15, 0.2) is 42.5 Å². The molecule has 8 nitrogen and oxygen atoms in total. The van der Waals surface area contributed by atoms with Crippen molar-refractivity contribution in [3.8, 4) is 17.1 Å². The second-order valence-corrected chi connectivity index (χ2v) is 8.02. The molecule has 0 saturated carbocycles. The van der Waals surface area contributed by atoms with Crippen molar-refractivity contribution in [1.29, 1.82) is 0 Å². The number of rotatable bonds is 4. The Morgan fingerprint density at radius 1 is 1.22 bits per heavy atom. The first-order chi connectivity index (χ1) is 15.6. The van der Waals surface area contributed by atoms with Crippen molar-refractivity contribution in [2.45, 2.75) is 25.0 Å². The van der Waals surface area contributed by atoms with E-state index in [1.165, 1.54) is 12.1 Å². The number of hydrogen-bond donors (Lipinski definition) is 2. The first-order valence-electron chi connectivity index (χ1n) is 10.6. The van der Waals surface area contributed by atoms with Crippen LogP contribution >= 0.6 is 0 Å². The Labute approximate surface area is 184 Å². The molecule has 0 spiro atoms. The van der Waals surface area contributed by atoms with Crippen molar-refractivity contribution in [3.05, 3.63) is 48.3 Å². The van der Waals surface area contributed by atoms with Gasteiger partial charge >= 0.3 is 6.09 Å². The van der Waals surface area contributed by atoms with Crippen molar-refractivity contribution >= 4 is 22.8 Å². The fourth-order valence-corrected chi connectivity index (χ4v) is 4.14. The van der Waals surface area contributed by atoms with E-state index in [0.29, 0.717) is 67.3 Å². The molecule has 2 aliphatic rings. The summed E-state index contributed by atoms with van der Waals surface area (Å²) in [6, 6.07) is 11.1. The predicted molar refractivity (Wildman–Crippen MR) is 116 cm³/mol. The van der Waals surface area contributed by atoms with Crippen LogP contribution in [0.3, 0.4) is 0 Å². The average Bonchev–Trinajstić information content (AvgIpc) is 3.45. The molecule has 0 bridgehead atoms. The van der Waals surface area contributed by atoms with Gasteiger partial charge in [-0.15, -0.1) is 0 Å². The molecule has 2 aromatic carbocycles. The van der Waals surface area contributed by atoms with Crippen molar-refractivity contribution in [1.82, 2.24) is 15.3 Å². The van der Waals surface area contributed by atoms with E-state index >= 15 is 0 Å². The van der Waals surface area contributed by atoms with E-state index in [1.807, 2.05) is 4.90 Å². The Morgan fingerprint density at radius 3 is 2.91 bits per heavy atom. The van der Waals surface area contributed by atoms with Crippen molar-refractivity contribution in [3.63, 3.8) is 0 Å². The molecule has 166 valence electrons. The molecule has 2 fully saturated rings. The van der Waals surface area contributed by atoms with Gasteiger partial charge in [-0.3, -0.25) is 0 Å². The lowest BCUT2D eigenvalue weighted by atomic mass is 10.1. The molecule has 2 saturated heterocycles. The van der Waals surface area contributed by atoms with Gasteiger partial charge in [-0.05, 0) is 36.8 Å². The summed E-state index contributed by atoms with van der Waals surface area (Å²) in [5, 5.41) is 13.8. The predicted octanol–water partition coefficient (Wildman–Crippen LogP) is 3.24. The molecule has 5 rings (SSSR count). The average molecular weight is 438 g/mol. The zero-order valence-electron chi connectivity index (χ0n) is 17.3. The van der Waals surface area contributed by atoms with Gasteiger partial charge in [0.05, 0.1) is 30.3 Å². The summed E-state index contributed by atoms with van der Waals surface area (Å²) in [4.78, 5) is 23.4. The smallest absolute Gasteiger partial charge is 0.407 e. The maximum Gasteiger partial charge on any atom is 0.407 e. The van der Waals surface area contributed by atoms with Crippen molar-refractivity contribution in [2.24, 2.45) is 0 Å². The van der Waals surface area contributed by atoms with E-state index in [1.54, 1.807) is 30.3 Å². The van der Waals surface area contributed by atoms with E-state index in [0.717, 1.165) is 0 Å². The summed E-state index contributed by atoms with van der Waals surface area (Å²) in [5.74, 6) is 0.609. The molecular formula is C23H23FN4O4. The highest BCUT2D eigenvalue weighted by atomic mass is 19.1. The van der Waals surface area contributed by atoms with Gasteiger partial charge in [0.2, 0.25) is 0 Å². The van der Waals surface area contributed by atoms with Gasteiger partial charge in [0, 0.05) is 24.9 Å². The molecule has 3 heterocycles. The Bertz CT molecular complexity index is 1150. The number of halogens is 1. The van der Waals surface area contributed by atoms with Gasteiger partial charge in [-0.1, -0.05) is 12.1 Å². The number of benzene rings is 2. The lowest BCUT2D eigenvalue weighted by Crippen LogP contribution is -2.39. The maximum atomic E-state index is 14.0. The molecule has 2 aliphatic heterocycles. The minimum atomic E-state index is -0.458. The Hall–Kier alpha value is -3.46. The van der Waals surface area contributed by atoms with Crippen LogP contribution in [0.4, 0.5) is 15.0 Å². The van der Waals surface area contributed by atoms with Crippen molar-refractivity contribution < 1.29 is 23.8 Å². The third-order valence-electron chi connectivity index (χ3n) is 5.75. The molecule has 9 heteroatoms. The zero-order valence-corrected chi connectivity index (χ0v) is 17.3. The molecule has 0 unspecified atom stereocenters. The number of nitrogens with zero attached hydrogens (tertiary/aromatic N) is 3. The van der Waals surface area contributed by atoms with Gasteiger partial charge in [0.1, 0.15) is 23.5 Å². The molecule has 1 aromatic heterocycles. The molecule has 0 radical (unpaired) electrons. The number of anilines is 1. The van der Waals surface area contributed by atoms with Gasteiger partial charge in [-0.2, -0.15) is 0 Å². The number of fused-ring (bicyclic) bond motifs is 1. The summed E-state index contributed by atoms with van der Waals surface area (Å²) in [5.41, 5.74) is 1.07. The van der Waals surface area contributed by atoms with Gasteiger partial charge < -0.3 is 24.8 Å². The number of para-hydroxylation sites is 1. The number of aromatic nitrogens is 2. The van der Waals surface area contributed by atoms with Crippen LogP contribution in [-0.2, 0) is 9.47 Å². The van der Waals surface area contributed by atoms with Crippen LogP contribution in [-0.4, -0.2) is 59.6 Å². The number of carbonyl (C=O) groups is 1. The van der Waals surface area contributed by atoms with Crippen LogP contribution in [0.2, 0.25) is 0 Å². The van der Waals surface area contributed by atoms with E-state index in [2.05, 4.69) is 15.3 Å². The van der Waals surface area contributed by atoms with E-state index in [9.17, 15) is 14.3 Å². The fourth-order valence-electron chi connectivity index (χ4n) is 4.14. The third kappa shape index (κ3) is 4.16. The molecule has 3 aromatic rings. The third-order valence-corrected chi connectivity index (χ3v) is 5.75. The maximum absolute atomic E-state index is 14.0. The second-order valence-electron chi connectivity index (χ2n) is 8.02. The number of amides is 1. The van der Waals surface area contributed by atoms with Crippen LogP contribution in [0.5, 0.6) is 5.75 Å². The van der Waals surface area contributed by atoms with E-state index in [-0.39, 0.29) is 23.7 Å². The number of ether oxygens (including phenoxy) is 2. The molecule has 1 amide bonds. The standard InChI is InChI=1S/C23H23FN4O4/c24-14-5-6-19-18(11-14)22(27-21(26-19)17-3-1-2-4-20(17)29)28-9-7-15(12-28)25-23(30)32-16-8-10-31-13-16/h1-6,11,15-16,29H,7-10,12-13H2,(H,25,30)/t15-,16+/m0/s1. The fraction of sp³-hybridized carbons (Fsp3) is 0.348. The summed E-state index contributed by atoms with van der Waals surface area (Å²) >= 11 is 0. The SMILES string of the molecule is O=C(N[C@H]1CCN(c2nc(-c3ccccc3O)nc3ccc(F)cc23)C1)O[C@@H]1CCOC1. The molecular weight excluding hydrogens is 415 g/mol. The molecule has 2 N–H and O–H groups in total. The lowest BCUT2D eigenvalue weighted by Gasteiger charge is -2.21. The Kier molecular flexibility index (Phi) is 5.48. The zero-order chi connectivity index (χ0) is 22.1. The second kappa shape index (κ2) is 8.58. The number of phenolic OH excluding ortho intramolecular Hbond substituents is 1. The van der Waals surface area contributed by atoms with Crippen LogP contribution in [0, 0.1) is 5.82 Å². The number of alkyl carbamates (subject to hydrolysis) is 1. The number of nitrogens with one attached hydrogen (secondary N) is 1. The first kappa shape index (κ1) is 20.4. The number of hydrogen-bond acceptors (Lipinski definition) is 7.